The van der Waals surface area contributed by atoms with Crippen LogP contribution in [0.5, 0.6) is 0 Å². The smallest absolute Gasteiger partial charge is 0.338 e. The van der Waals surface area contributed by atoms with Gasteiger partial charge in [0.1, 0.15) is 0 Å². The van der Waals surface area contributed by atoms with Gasteiger partial charge in [-0.05, 0) is 6.92 Å². The molecular formula is C8H13NO5. The molecule has 0 radical (unpaired) electrons. The molecule has 0 rings (SSSR count). The lowest BCUT2D eigenvalue weighted by Crippen LogP contribution is -2.49. The lowest BCUT2D eigenvalue weighted by molar-refractivity contribution is -0.161. The fourth-order valence-corrected chi connectivity index (χ4v) is 1.08. The van der Waals surface area contributed by atoms with E-state index in [1.165, 1.54) is 6.92 Å². The molecule has 0 aliphatic carbocycles. The summed E-state index contributed by atoms with van der Waals surface area (Å²) in [5.74, 6) is -3.54. The van der Waals surface area contributed by atoms with Crippen LogP contribution in [-0.2, 0) is 14.4 Å². The van der Waals surface area contributed by atoms with Crippen molar-refractivity contribution in [3.05, 3.63) is 0 Å². The molecule has 0 heterocycles. The van der Waals surface area contributed by atoms with Crippen molar-refractivity contribution in [2.75, 3.05) is 6.54 Å². The van der Waals surface area contributed by atoms with Crippen molar-refractivity contribution in [1.82, 2.24) is 4.90 Å². The monoisotopic (exact) mass is 203 g/mol. The maximum absolute atomic E-state index is 11.2. The first kappa shape index (κ1) is 12.4. The van der Waals surface area contributed by atoms with Gasteiger partial charge in [0.15, 0.2) is 0 Å². The summed E-state index contributed by atoms with van der Waals surface area (Å²) in [5, 5.41) is 17.2. The number of amides is 1. The van der Waals surface area contributed by atoms with Crippen LogP contribution in [0.25, 0.3) is 0 Å². The Morgan fingerprint density at radius 1 is 1.14 bits per heavy atom. The molecule has 0 unspecified atom stereocenters. The highest BCUT2D eigenvalue weighted by Gasteiger charge is 2.34. The Morgan fingerprint density at radius 2 is 1.57 bits per heavy atom. The largest absolute Gasteiger partial charge is 0.479 e. The molecule has 0 spiro atoms. The van der Waals surface area contributed by atoms with Gasteiger partial charge in [0.05, 0.1) is 0 Å². The van der Waals surface area contributed by atoms with E-state index in [0.717, 1.165) is 4.90 Å². The summed E-state index contributed by atoms with van der Waals surface area (Å²) >= 11 is 0. The average Bonchev–Trinajstić information content (AvgIpc) is 2.11. The molecule has 0 aromatic heterocycles. The van der Waals surface area contributed by atoms with E-state index in [1.54, 1.807) is 6.92 Å². The standard InChI is InChI=1S/C8H13NO5/c1-3-5(10)9(4-2)6(7(11)12)8(13)14/h6H,3-4H2,1-2H3,(H,11,12)(H,13,14). The van der Waals surface area contributed by atoms with E-state index in [-0.39, 0.29) is 13.0 Å². The molecule has 0 bridgehead atoms. The van der Waals surface area contributed by atoms with Crippen LogP contribution in [0.2, 0.25) is 0 Å². The number of hydrogen-bond acceptors (Lipinski definition) is 3. The van der Waals surface area contributed by atoms with E-state index in [2.05, 4.69) is 0 Å². The van der Waals surface area contributed by atoms with Gasteiger partial charge in [-0.2, -0.15) is 0 Å². The first-order valence-electron chi connectivity index (χ1n) is 4.20. The van der Waals surface area contributed by atoms with Crippen LogP contribution >= 0.6 is 0 Å². The fraction of sp³-hybridized carbons (Fsp3) is 0.625. The summed E-state index contributed by atoms with van der Waals surface area (Å²) in [6, 6.07) is -1.78. The number of carbonyl (C=O) groups excluding carboxylic acids is 1. The van der Waals surface area contributed by atoms with E-state index in [1.807, 2.05) is 0 Å². The molecule has 0 aromatic carbocycles. The molecule has 14 heavy (non-hydrogen) atoms. The molecular weight excluding hydrogens is 190 g/mol. The normalized spacial score (nSPS) is 9.93. The zero-order chi connectivity index (χ0) is 11.3. The minimum absolute atomic E-state index is 0.0654. The molecule has 0 atom stereocenters. The topological polar surface area (TPSA) is 94.9 Å². The summed E-state index contributed by atoms with van der Waals surface area (Å²) in [4.78, 5) is 33.2. The predicted octanol–water partition coefficient (Wildman–Crippen LogP) is -0.217. The Hall–Kier alpha value is -1.59. The van der Waals surface area contributed by atoms with Crippen LogP contribution in [0.4, 0.5) is 0 Å². The predicted molar refractivity (Wildman–Crippen MR) is 46.7 cm³/mol. The van der Waals surface area contributed by atoms with Crippen molar-refractivity contribution in [2.24, 2.45) is 0 Å². The maximum Gasteiger partial charge on any atom is 0.338 e. The molecule has 2 N–H and O–H groups in total. The number of carbonyl (C=O) groups is 3. The highest BCUT2D eigenvalue weighted by molar-refractivity contribution is 6.00. The van der Waals surface area contributed by atoms with Crippen molar-refractivity contribution >= 4 is 17.8 Å². The quantitative estimate of drug-likeness (QED) is 0.602. The van der Waals surface area contributed by atoms with Gasteiger partial charge in [-0.25, -0.2) is 9.59 Å². The van der Waals surface area contributed by atoms with Crippen LogP contribution in [0.15, 0.2) is 0 Å². The summed E-state index contributed by atoms with van der Waals surface area (Å²) in [5.41, 5.74) is 0. The van der Waals surface area contributed by atoms with Gasteiger partial charge in [0.25, 0.3) is 0 Å². The summed E-state index contributed by atoms with van der Waals surface area (Å²) in [6.45, 7) is 3.15. The minimum Gasteiger partial charge on any atom is -0.479 e. The molecule has 0 aromatic rings. The molecule has 0 saturated heterocycles. The number of likely N-dealkylation sites (N-methyl/N-ethyl adjacent to an activating group) is 1. The van der Waals surface area contributed by atoms with Gasteiger partial charge >= 0.3 is 11.9 Å². The highest BCUT2D eigenvalue weighted by atomic mass is 16.4. The van der Waals surface area contributed by atoms with E-state index >= 15 is 0 Å². The Kier molecular flexibility index (Phi) is 4.62. The van der Waals surface area contributed by atoms with Crippen molar-refractivity contribution < 1.29 is 24.6 Å². The zero-order valence-electron chi connectivity index (χ0n) is 8.06. The molecule has 6 nitrogen and oxygen atoms in total. The lowest BCUT2D eigenvalue weighted by Gasteiger charge is -2.24. The maximum atomic E-state index is 11.2. The number of carboxylic acids is 2. The van der Waals surface area contributed by atoms with Crippen molar-refractivity contribution in [2.45, 2.75) is 26.3 Å². The van der Waals surface area contributed by atoms with Gasteiger partial charge < -0.3 is 15.1 Å². The Labute approximate surface area is 81.1 Å². The van der Waals surface area contributed by atoms with Crippen LogP contribution in [0.1, 0.15) is 20.3 Å². The third-order valence-corrected chi connectivity index (χ3v) is 1.74. The summed E-state index contributed by atoms with van der Waals surface area (Å²) < 4.78 is 0. The molecule has 80 valence electrons. The second kappa shape index (κ2) is 5.21. The van der Waals surface area contributed by atoms with Gasteiger partial charge in [0, 0.05) is 13.0 Å². The van der Waals surface area contributed by atoms with Gasteiger partial charge in [-0.3, -0.25) is 4.79 Å². The number of rotatable bonds is 5. The number of nitrogens with zero attached hydrogens (tertiary/aromatic N) is 1. The molecule has 0 aliphatic heterocycles. The highest BCUT2D eigenvalue weighted by Crippen LogP contribution is 2.03. The average molecular weight is 203 g/mol. The van der Waals surface area contributed by atoms with Crippen LogP contribution in [0, 0.1) is 0 Å². The molecule has 0 saturated carbocycles. The lowest BCUT2D eigenvalue weighted by atomic mass is 10.2. The minimum atomic E-state index is -1.78. The van der Waals surface area contributed by atoms with Crippen LogP contribution in [-0.4, -0.2) is 45.5 Å². The Balaban J connectivity index is 4.85. The third kappa shape index (κ3) is 2.72. The molecule has 0 fully saturated rings. The molecule has 0 aliphatic rings. The molecule has 1 amide bonds. The van der Waals surface area contributed by atoms with Gasteiger partial charge in [0.2, 0.25) is 11.9 Å². The second-order valence-corrected chi connectivity index (χ2v) is 2.61. The SMILES string of the molecule is CCC(=O)N(CC)C(C(=O)O)C(=O)O. The summed E-state index contributed by atoms with van der Waals surface area (Å²) in [6.07, 6.45) is 0.0882. The first-order chi connectivity index (χ1) is 6.45. The van der Waals surface area contributed by atoms with Crippen LogP contribution < -0.4 is 0 Å². The van der Waals surface area contributed by atoms with Gasteiger partial charge in [-0.15, -0.1) is 0 Å². The van der Waals surface area contributed by atoms with Crippen molar-refractivity contribution in [3.63, 3.8) is 0 Å². The third-order valence-electron chi connectivity index (χ3n) is 1.74. The van der Waals surface area contributed by atoms with E-state index < -0.39 is 23.9 Å². The first-order valence-corrected chi connectivity index (χ1v) is 4.20. The number of carboxylic acid groups (broad SMARTS) is 2. The summed E-state index contributed by atoms with van der Waals surface area (Å²) in [7, 11) is 0. The number of aliphatic carboxylic acids is 2. The van der Waals surface area contributed by atoms with E-state index in [9.17, 15) is 14.4 Å². The van der Waals surface area contributed by atoms with Crippen LogP contribution in [0.3, 0.4) is 0 Å². The Morgan fingerprint density at radius 3 is 1.79 bits per heavy atom. The van der Waals surface area contributed by atoms with E-state index in [4.69, 9.17) is 10.2 Å². The fourth-order valence-electron chi connectivity index (χ4n) is 1.08. The second-order valence-electron chi connectivity index (χ2n) is 2.61. The van der Waals surface area contributed by atoms with Crippen molar-refractivity contribution in [1.29, 1.82) is 0 Å². The van der Waals surface area contributed by atoms with Gasteiger partial charge in [-0.1, -0.05) is 6.92 Å². The zero-order valence-corrected chi connectivity index (χ0v) is 8.06. The molecule has 6 heteroatoms. The Bertz CT molecular complexity index is 236. The van der Waals surface area contributed by atoms with Crippen molar-refractivity contribution in [3.8, 4) is 0 Å². The number of hydrogen-bond donors (Lipinski definition) is 2. The van der Waals surface area contributed by atoms with E-state index in [0.29, 0.717) is 0 Å².